The minimum absolute atomic E-state index is 0.0980. The van der Waals surface area contributed by atoms with Crippen molar-refractivity contribution in [2.24, 2.45) is 5.41 Å². The molecule has 0 aromatic heterocycles. The maximum absolute atomic E-state index is 9.33. The fourth-order valence-electron chi connectivity index (χ4n) is 1.80. The van der Waals surface area contributed by atoms with Gasteiger partial charge in [0.25, 0.3) is 0 Å². The molecular formula is C11H25NO. The highest BCUT2D eigenvalue weighted by Crippen LogP contribution is 2.23. The molecule has 1 atom stereocenters. The summed E-state index contributed by atoms with van der Waals surface area (Å²) in [7, 11) is 0. The molecule has 1 unspecified atom stereocenters. The van der Waals surface area contributed by atoms with E-state index >= 15 is 0 Å². The average Bonchev–Trinajstić information content (AvgIpc) is 2.15. The summed E-state index contributed by atoms with van der Waals surface area (Å²) in [6, 6.07) is 0. The van der Waals surface area contributed by atoms with Gasteiger partial charge in [-0.25, -0.2) is 0 Å². The Kier molecular flexibility index (Phi) is 6.35. The highest BCUT2D eigenvalue weighted by Gasteiger charge is 2.24. The number of nitrogens with zero attached hydrogens (tertiary/aromatic N) is 1. The fourth-order valence-corrected chi connectivity index (χ4v) is 1.80. The van der Waals surface area contributed by atoms with Gasteiger partial charge in [0, 0.05) is 18.6 Å². The van der Waals surface area contributed by atoms with Crippen molar-refractivity contribution < 1.29 is 5.11 Å². The minimum Gasteiger partial charge on any atom is -0.396 e. The van der Waals surface area contributed by atoms with E-state index < -0.39 is 0 Å². The van der Waals surface area contributed by atoms with E-state index in [1.54, 1.807) is 0 Å². The van der Waals surface area contributed by atoms with Gasteiger partial charge >= 0.3 is 0 Å². The lowest BCUT2D eigenvalue weighted by Crippen LogP contribution is -2.38. The van der Waals surface area contributed by atoms with E-state index in [9.17, 15) is 5.11 Å². The first-order chi connectivity index (χ1) is 6.11. The van der Waals surface area contributed by atoms with Crippen molar-refractivity contribution in [2.75, 3.05) is 26.2 Å². The molecule has 0 spiro atoms. The first-order valence-electron chi connectivity index (χ1n) is 5.45. The van der Waals surface area contributed by atoms with Crippen LogP contribution in [-0.2, 0) is 0 Å². The van der Waals surface area contributed by atoms with Gasteiger partial charge in [-0.1, -0.05) is 34.1 Å². The van der Waals surface area contributed by atoms with Gasteiger partial charge in [0.05, 0.1) is 0 Å². The third-order valence-corrected chi connectivity index (χ3v) is 2.74. The zero-order chi connectivity index (χ0) is 10.3. The zero-order valence-electron chi connectivity index (χ0n) is 9.64. The van der Waals surface area contributed by atoms with Crippen LogP contribution in [0.3, 0.4) is 0 Å². The first kappa shape index (κ1) is 12.9. The molecule has 0 aromatic rings. The van der Waals surface area contributed by atoms with Crippen LogP contribution < -0.4 is 0 Å². The lowest BCUT2D eigenvalue weighted by Gasteiger charge is -2.33. The maximum atomic E-state index is 9.33. The molecule has 0 rings (SSSR count). The van der Waals surface area contributed by atoms with Crippen LogP contribution in [0, 0.1) is 5.41 Å². The topological polar surface area (TPSA) is 23.5 Å². The van der Waals surface area contributed by atoms with Crippen LogP contribution in [0.5, 0.6) is 0 Å². The number of aliphatic hydroxyl groups excluding tert-OH is 1. The van der Waals surface area contributed by atoms with Gasteiger partial charge in [-0.2, -0.15) is 0 Å². The van der Waals surface area contributed by atoms with Crippen LogP contribution in [0.25, 0.3) is 0 Å². The molecule has 0 fully saturated rings. The molecule has 0 heterocycles. The van der Waals surface area contributed by atoms with Crippen LogP contribution in [0.15, 0.2) is 0 Å². The summed E-state index contributed by atoms with van der Waals surface area (Å²) in [6.07, 6.45) is 2.26. The Bertz CT molecular complexity index is 123. The molecule has 1 N–H and O–H groups in total. The Hall–Kier alpha value is -0.0800. The molecule has 2 nitrogen and oxygen atoms in total. The van der Waals surface area contributed by atoms with E-state index in [0.29, 0.717) is 6.61 Å². The summed E-state index contributed by atoms with van der Waals surface area (Å²) in [5.41, 5.74) is 0.0980. The van der Waals surface area contributed by atoms with E-state index in [-0.39, 0.29) is 5.41 Å². The SMILES string of the molecule is CCCC(C)(CO)CN(CC)CC. The van der Waals surface area contributed by atoms with E-state index in [0.717, 1.165) is 32.5 Å². The summed E-state index contributed by atoms with van der Waals surface area (Å²) in [4.78, 5) is 2.38. The molecule has 0 aliphatic heterocycles. The second-order valence-corrected chi connectivity index (χ2v) is 4.18. The van der Waals surface area contributed by atoms with E-state index in [1.165, 1.54) is 0 Å². The standard InChI is InChI=1S/C11H25NO/c1-5-8-11(4,10-13)9-12(6-2)7-3/h13H,5-10H2,1-4H3. The van der Waals surface area contributed by atoms with Crippen molar-refractivity contribution in [3.63, 3.8) is 0 Å². The summed E-state index contributed by atoms with van der Waals surface area (Å²) in [6.45, 7) is 12.2. The predicted octanol–water partition coefficient (Wildman–Crippen LogP) is 2.13. The minimum atomic E-state index is 0.0980. The van der Waals surface area contributed by atoms with Crippen LogP contribution in [-0.4, -0.2) is 36.2 Å². The zero-order valence-corrected chi connectivity index (χ0v) is 9.64. The van der Waals surface area contributed by atoms with Crippen molar-refractivity contribution >= 4 is 0 Å². The molecule has 80 valence electrons. The van der Waals surface area contributed by atoms with E-state index in [2.05, 4.69) is 32.6 Å². The summed E-state index contributed by atoms with van der Waals surface area (Å²) >= 11 is 0. The largest absolute Gasteiger partial charge is 0.396 e. The highest BCUT2D eigenvalue weighted by atomic mass is 16.3. The molecule has 0 saturated heterocycles. The third-order valence-electron chi connectivity index (χ3n) is 2.74. The van der Waals surface area contributed by atoms with Crippen molar-refractivity contribution in [1.29, 1.82) is 0 Å². The Labute approximate surface area is 82.9 Å². The van der Waals surface area contributed by atoms with Gasteiger partial charge < -0.3 is 10.0 Å². The summed E-state index contributed by atoms with van der Waals surface area (Å²) in [5, 5.41) is 9.33. The predicted molar refractivity (Wildman–Crippen MR) is 57.9 cm³/mol. The average molecular weight is 187 g/mol. The van der Waals surface area contributed by atoms with Crippen molar-refractivity contribution in [3.05, 3.63) is 0 Å². The monoisotopic (exact) mass is 187 g/mol. The first-order valence-corrected chi connectivity index (χ1v) is 5.45. The highest BCUT2D eigenvalue weighted by molar-refractivity contribution is 4.76. The van der Waals surface area contributed by atoms with Gasteiger partial charge in [0.1, 0.15) is 0 Å². The lowest BCUT2D eigenvalue weighted by atomic mass is 9.86. The second-order valence-electron chi connectivity index (χ2n) is 4.18. The third kappa shape index (κ3) is 4.63. The van der Waals surface area contributed by atoms with Gasteiger partial charge in [0.15, 0.2) is 0 Å². The number of hydrogen-bond donors (Lipinski definition) is 1. The molecule has 0 radical (unpaired) electrons. The molecule has 13 heavy (non-hydrogen) atoms. The number of aliphatic hydroxyl groups is 1. The molecular weight excluding hydrogens is 162 g/mol. The van der Waals surface area contributed by atoms with E-state index in [1.807, 2.05) is 0 Å². The molecule has 0 aromatic carbocycles. The lowest BCUT2D eigenvalue weighted by molar-refractivity contribution is 0.0842. The quantitative estimate of drug-likeness (QED) is 0.660. The molecule has 2 heteroatoms. The molecule has 0 saturated carbocycles. The summed E-state index contributed by atoms with van der Waals surface area (Å²) in [5.74, 6) is 0. The van der Waals surface area contributed by atoms with Gasteiger partial charge in [-0.05, 0) is 19.5 Å². The van der Waals surface area contributed by atoms with Gasteiger partial charge in [-0.15, -0.1) is 0 Å². The maximum Gasteiger partial charge on any atom is 0.0497 e. The molecule has 0 aliphatic carbocycles. The molecule has 0 bridgehead atoms. The Morgan fingerprint density at radius 2 is 1.69 bits per heavy atom. The number of rotatable bonds is 7. The van der Waals surface area contributed by atoms with Crippen LogP contribution in [0.4, 0.5) is 0 Å². The Balaban J connectivity index is 4.07. The smallest absolute Gasteiger partial charge is 0.0497 e. The van der Waals surface area contributed by atoms with Crippen LogP contribution >= 0.6 is 0 Å². The second kappa shape index (κ2) is 6.39. The Morgan fingerprint density at radius 1 is 1.15 bits per heavy atom. The van der Waals surface area contributed by atoms with Crippen molar-refractivity contribution in [1.82, 2.24) is 4.90 Å². The summed E-state index contributed by atoms with van der Waals surface area (Å²) < 4.78 is 0. The van der Waals surface area contributed by atoms with Crippen LogP contribution in [0.2, 0.25) is 0 Å². The van der Waals surface area contributed by atoms with E-state index in [4.69, 9.17) is 0 Å². The van der Waals surface area contributed by atoms with Gasteiger partial charge in [0.2, 0.25) is 0 Å². The van der Waals surface area contributed by atoms with Crippen LogP contribution in [0.1, 0.15) is 40.5 Å². The Morgan fingerprint density at radius 3 is 2.00 bits per heavy atom. The normalized spacial score (nSPS) is 16.2. The van der Waals surface area contributed by atoms with Crippen molar-refractivity contribution in [2.45, 2.75) is 40.5 Å². The molecule has 0 amide bonds. The van der Waals surface area contributed by atoms with Gasteiger partial charge in [-0.3, -0.25) is 0 Å². The fraction of sp³-hybridized carbons (Fsp3) is 1.00. The number of hydrogen-bond acceptors (Lipinski definition) is 2. The molecule has 0 aliphatic rings. The van der Waals surface area contributed by atoms with Crippen molar-refractivity contribution in [3.8, 4) is 0 Å².